The Labute approximate surface area is 61.6 Å². The first-order chi connectivity index (χ1) is 4.66. The Kier molecular flexibility index (Phi) is 4.85. The third kappa shape index (κ3) is 5.51. The molecule has 0 spiro atoms. The minimum Gasteiger partial charge on any atom is -0.389 e. The van der Waals surface area contributed by atoms with Crippen LogP contribution in [0.15, 0.2) is 12.2 Å². The molecule has 0 rings (SSSR count). The lowest BCUT2D eigenvalue weighted by atomic mass is 10.1. The van der Waals surface area contributed by atoms with Gasteiger partial charge in [-0.05, 0) is 18.4 Å². The smallest absolute Gasteiger partial charge is 0.142 e. The first-order valence-electron chi connectivity index (χ1n) is 3.47. The average molecular weight is 142 g/mol. The Morgan fingerprint density at radius 1 is 1.50 bits per heavy atom. The normalized spacial score (nSPS) is 14.4. The van der Waals surface area contributed by atoms with Crippen molar-refractivity contribution in [1.82, 2.24) is 0 Å². The lowest BCUT2D eigenvalue weighted by molar-refractivity contribution is -0.104. The summed E-state index contributed by atoms with van der Waals surface area (Å²) in [6, 6.07) is 0. The average Bonchev–Trinajstić information content (AvgIpc) is 1.82. The molecule has 0 aliphatic rings. The quantitative estimate of drug-likeness (QED) is 0.472. The number of aliphatic hydroxyl groups is 1. The topological polar surface area (TPSA) is 37.3 Å². The van der Waals surface area contributed by atoms with Gasteiger partial charge < -0.3 is 5.11 Å². The van der Waals surface area contributed by atoms with Gasteiger partial charge in [-0.25, -0.2) is 0 Å². The summed E-state index contributed by atoms with van der Waals surface area (Å²) in [6.07, 6.45) is 3.75. The summed E-state index contributed by atoms with van der Waals surface area (Å²) in [7, 11) is 0. The number of rotatable bonds is 4. The lowest BCUT2D eigenvalue weighted by Gasteiger charge is -2.06. The van der Waals surface area contributed by atoms with Crippen LogP contribution in [0.25, 0.3) is 0 Å². The fourth-order valence-electron chi connectivity index (χ4n) is 0.735. The largest absolute Gasteiger partial charge is 0.389 e. The lowest BCUT2D eigenvalue weighted by Crippen LogP contribution is -2.05. The van der Waals surface area contributed by atoms with Crippen molar-refractivity contribution in [1.29, 1.82) is 0 Å². The van der Waals surface area contributed by atoms with E-state index in [1.54, 1.807) is 0 Å². The molecule has 10 heavy (non-hydrogen) atoms. The van der Waals surface area contributed by atoms with Crippen molar-refractivity contribution >= 4 is 6.29 Å². The molecular weight excluding hydrogens is 128 g/mol. The van der Waals surface area contributed by atoms with E-state index >= 15 is 0 Å². The molecule has 0 heterocycles. The van der Waals surface area contributed by atoms with Crippen LogP contribution in [0.2, 0.25) is 0 Å². The van der Waals surface area contributed by atoms with Crippen molar-refractivity contribution in [2.24, 2.45) is 5.92 Å². The summed E-state index contributed by atoms with van der Waals surface area (Å²) in [4.78, 5) is 9.80. The number of carbonyl (C=O) groups is 1. The molecule has 0 saturated carbocycles. The molecular formula is C8H14O2. The molecule has 0 bridgehead atoms. The molecule has 0 saturated heterocycles. The number of hydrogen-bond acceptors (Lipinski definition) is 2. The van der Waals surface area contributed by atoms with E-state index in [2.05, 4.69) is 0 Å². The highest BCUT2D eigenvalue weighted by Crippen LogP contribution is 2.04. The van der Waals surface area contributed by atoms with Gasteiger partial charge in [0.15, 0.2) is 0 Å². The summed E-state index contributed by atoms with van der Waals surface area (Å²) < 4.78 is 0. The SMILES string of the molecule is CC(C)CC(O)/C=C/C=O. The highest BCUT2D eigenvalue weighted by Gasteiger charge is 2.00. The molecule has 0 aromatic heterocycles. The molecule has 1 N–H and O–H groups in total. The van der Waals surface area contributed by atoms with Crippen molar-refractivity contribution in [3.05, 3.63) is 12.2 Å². The highest BCUT2D eigenvalue weighted by molar-refractivity contribution is 5.64. The summed E-state index contributed by atoms with van der Waals surface area (Å²) in [6.45, 7) is 4.05. The van der Waals surface area contributed by atoms with Crippen molar-refractivity contribution in [2.75, 3.05) is 0 Å². The van der Waals surface area contributed by atoms with Crippen LogP contribution in [0.5, 0.6) is 0 Å². The van der Waals surface area contributed by atoms with Crippen LogP contribution < -0.4 is 0 Å². The molecule has 1 atom stereocenters. The Morgan fingerprint density at radius 2 is 2.10 bits per heavy atom. The maximum atomic E-state index is 9.80. The van der Waals surface area contributed by atoms with Gasteiger partial charge in [-0.1, -0.05) is 19.9 Å². The van der Waals surface area contributed by atoms with E-state index in [1.807, 2.05) is 13.8 Å². The number of allylic oxidation sites excluding steroid dienone is 1. The Morgan fingerprint density at radius 3 is 2.50 bits per heavy atom. The van der Waals surface area contributed by atoms with Crippen LogP contribution in [-0.2, 0) is 4.79 Å². The fourth-order valence-corrected chi connectivity index (χ4v) is 0.735. The molecule has 0 aliphatic carbocycles. The van der Waals surface area contributed by atoms with Gasteiger partial charge in [-0.3, -0.25) is 4.79 Å². The predicted octanol–water partition coefficient (Wildman–Crippen LogP) is 1.15. The molecule has 0 fully saturated rings. The van der Waals surface area contributed by atoms with Crippen LogP contribution in [0.1, 0.15) is 20.3 Å². The second-order valence-electron chi connectivity index (χ2n) is 2.72. The molecule has 1 unspecified atom stereocenters. The first kappa shape index (κ1) is 9.37. The Balaban J connectivity index is 3.52. The van der Waals surface area contributed by atoms with Crippen molar-refractivity contribution in [3.63, 3.8) is 0 Å². The van der Waals surface area contributed by atoms with Crippen LogP contribution in [0.4, 0.5) is 0 Å². The molecule has 0 amide bonds. The molecule has 2 heteroatoms. The standard InChI is InChI=1S/C8H14O2/c1-7(2)6-8(10)4-3-5-9/h3-5,7-8,10H,6H2,1-2H3/b4-3+. The minimum absolute atomic E-state index is 0.464. The van der Waals surface area contributed by atoms with Gasteiger partial charge >= 0.3 is 0 Å². The van der Waals surface area contributed by atoms with E-state index in [0.717, 1.165) is 0 Å². The fraction of sp³-hybridized carbons (Fsp3) is 0.625. The third-order valence-corrected chi connectivity index (χ3v) is 1.12. The summed E-state index contributed by atoms with van der Waals surface area (Å²) in [5.74, 6) is 0.464. The van der Waals surface area contributed by atoms with Crippen LogP contribution >= 0.6 is 0 Å². The van der Waals surface area contributed by atoms with E-state index in [-0.39, 0.29) is 0 Å². The van der Waals surface area contributed by atoms with E-state index in [9.17, 15) is 4.79 Å². The second kappa shape index (κ2) is 5.18. The highest BCUT2D eigenvalue weighted by atomic mass is 16.3. The zero-order valence-electron chi connectivity index (χ0n) is 6.45. The van der Waals surface area contributed by atoms with E-state index in [4.69, 9.17) is 5.11 Å². The van der Waals surface area contributed by atoms with Gasteiger partial charge in [0.1, 0.15) is 6.29 Å². The van der Waals surface area contributed by atoms with Gasteiger partial charge in [-0.15, -0.1) is 0 Å². The van der Waals surface area contributed by atoms with Crippen LogP contribution in [-0.4, -0.2) is 17.5 Å². The summed E-state index contributed by atoms with van der Waals surface area (Å²) in [5, 5.41) is 9.10. The Hall–Kier alpha value is -0.630. The first-order valence-corrected chi connectivity index (χ1v) is 3.47. The Bertz CT molecular complexity index is 116. The zero-order chi connectivity index (χ0) is 7.98. The van der Waals surface area contributed by atoms with Gasteiger partial charge in [0, 0.05) is 0 Å². The molecule has 0 radical (unpaired) electrons. The van der Waals surface area contributed by atoms with E-state index in [0.29, 0.717) is 18.6 Å². The number of hydrogen-bond donors (Lipinski definition) is 1. The van der Waals surface area contributed by atoms with Crippen molar-refractivity contribution < 1.29 is 9.90 Å². The monoisotopic (exact) mass is 142 g/mol. The number of aliphatic hydroxyl groups excluding tert-OH is 1. The molecule has 2 nitrogen and oxygen atoms in total. The molecule has 0 aromatic rings. The minimum atomic E-state index is -0.467. The summed E-state index contributed by atoms with van der Waals surface area (Å²) in [5.41, 5.74) is 0. The van der Waals surface area contributed by atoms with Gasteiger partial charge in [-0.2, -0.15) is 0 Å². The van der Waals surface area contributed by atoms with Gasteiger partial charge in [0.25, 0.3) is 0 Å². The van der Waals surface area contributed by atoms with E-state index < -0.39 is 6.10 Å². The maximum Gasteiger partial charge on any atom is 0.142 e. The number of aldehydes is 1. The van der Waals surface area contributed by atoms with Crippen LogP contribution in [0, 0.1) is 5.92 Å². The van der Waals surface area contributed by atoms with E-state index in [1.165, 1.54) is 12.2 Å². The molecule has 58 valence electrons. The zero-order valence-corrected chi connectivity index (χ0v) is 6.45. The van der Waals surface area contributed by atoms with Crippen LogP contribution in [0.3, 0.4) is 0 Å². The maximum absolute atomic E-state index is 9.80. The predicted molar refractivity (Wildman–Crippen MR) is 40.7 cm³/mol. The van der Waals surface area contributed by atoms with Crippen molar-refractivity contribution in [3.8, 4) is 0 Å². The van der Waals surface area contributed by atoms with Gasteiger partial charge in [0.2, 0.25) is 0 Å². The summed E-state index contributed by atoms with van der Waals surface area (Å²) >= 11 is 0. The molecule has 0 aliphatic heterocycles. The second-order valence-corrected chi connectivity index (χ2v) is 2.72. The molecule has 0 aromatic carbocycles. The van der Waals surface area contributed by atoms with Crippen molar-refractivity contribution in [2.45, 2.75) is 26.4 Å². The third-order valence-electron chi connectivity index (χ3n) is 1.12. The van der Waals surface area contributed by atoms with Gasteiger partial charge in [0.05, 0.1) is 6.10 Å². The number of carbonyl (C=O) groups excluding carboxylic acids is 1.